The van der Waals surface area contributed by atoms with E-state index < -0.39 is 0 Å². The molecule has 0 saturated heterocycles. The quantitative estimate of drug-likeness (QED) is 0.259. The van der Waals surface area contributed by atoms with E-state index >= 15 is 0 Å². The Balaban J connectivity index is 1.61. The molecular weight excluding hydrogens is 476 g/mol. The minimum Gasteiger partial charge on any atom is -0.316 e. The van der Waals surface area contributed by atoms with Gasteiger partial charge in [-0.05, 0) is 59.7 Å². The number of hydrogen-bond donors (Lipinski definition) is 0. The van der Waals surface area contributed by atoms with Gasteiger partial charge in [-0.3, -0.25) is 4.79 Å². The van der Waals surface area contributed by atoms with Gasteiger partial charge in [-0.15, -0.1) is 0 Å². The second kappa shape index (κ2) is 8.79. The second-order valence-corrected chi connectivity index (χ2v) is 9.05. The van der Waals surface area contributed by atoms with E-state index in [2.05, 4.69) is 69.8 Å². The van der Waals surface area contributed by atoms with E-state index in [9.17, 15) is 4.79 Å². The van der Waals surface area contributed by atoms with Crippen LogP contribution in [0.4, 0.5) is 0 Å². The summed E-state index contributed by atoms with van der Waals surface area (Å²) in [6, 6.07) is 24.2. The van der Waals surface area contributed by atoms with Crippen molar-refractivity contribution in [3.63, 3.8) is 0 Å². The third kappa shape index (κ3) is 4.02. The Labute approximate surface area is 200 Å². The summed E-state index contributed by atoms with van der Waals surface area (Å²) in [6.07, 6.45) is 4.59. The van der Waals surface area contributed by atoms with Crippen LogP contribution in [0.3, 0.4) is 0 Å². The van der Waals surface area contributed by atoms with Crippen LogP contribution < -0.4 is 5.56 Å². The lowest BCUT2D eigenvalue weighted by Gasteiger charge is -2.14. The zero-order valence-electron chi connectivity index (χ0n) is 18.4. The average molecular weight is 499 g/mol. The summed E-state index contributed by atoms with van der Waals surface area (Å²) in [5.74, 6) is 0.757. The maximum absolute atomic E-state index is 13.4. The van der Waals surface area contributed by atoms with E-state index in [4.69, 9.17) is 4.98 Å². The van der Waals surface area contributed by atoms with Crippen molar-refractivity contribution < 1.29 is 0 Å². The molecule has 0 aliphatic carbocycles. The SMILES string of the molecule is CC[C@@H](C)c1nc2ccc(Br)cc2c(=O)n1N=Cc1cccn1-c1ccc2ccccc2c1. The predicted molar refractivity (Wildman–Crippen MR) is 139 cm³/mol. The molecule has 33 heavy (non-hydrogen) atoms. The standard InChI is InChI=1S/C27H23BrN4O/c1-3-18(2)26-30-25-13-11-21(28)16-24(25)27(33)32(26)29-17-23-9-6-14-31(23)22-12-10-19-7-4-5-8-20(19)15-22/h4-18H,3H2,1-2H3/t18-/m1/s1. The Morgan fingerprint density at radius 2 is 1.85 bits per heavy atom. The number of fused-ring (bicyclic) bond motifs is 2. The molecule has 0 aliphatic rings. The van der Waals surface area contributed by atoms with E-state index in [0.717, 1.165) is 22.3 Å². The highest BCUT2D eigenvalue weighted by atomic mass is 79.9. The summed E-state index contributed by atoms with van der Waals surface area (Å²) in [6.45, 7) is 4.15. The number of hydrogen-bond acceptors (Lipinski definition) is 3. The zero-order chi connectivity index (χ0) is 22.9. The average Bonchev–Trinajstić information content (AvgIpc) is 3.31. The molecule has 0 aliphatic heterocycles. The summed E-state index contributed by atoms with van der Waals surface area (Å²) in [5, 5.41) is 7.53. The molecular formula is C27H23BrN4O. The minimum absolute atomic E-state index is 0.0928. The highest BCUT2D eigenvalue weighted by molar-refractivity contribution is 9.10. The van der Waals surface area contributed by atoms with Crippen molar-refractivity contribution in [2.75, 3.05) is 0 Å². The molecule has 0 saturated carbocycles. The second-order valence-electron chi connectivity index (χ2n) is 8.14. The smallest absolute Gasteiger partial charge is 0.282 e. The molecule has 1 atom stereocenters. The van der Waals surface area contributed by atoms with Crippen LogP contribution in [-0.2, 0) is 0 Å². The van der Waals surface area contributed by atoms with Gasteiger partial charge < -0.3 is 4.57 Å². The summed E-state index contributed by atoms with van der Waals surface area (Å²) in [7, 11) is 0. The fourth-order valence-electron chi connectivity index (χ4n) is 3.96. The van der Waals surface area contributed by atoms with Crippen LogP contribution in [0.15, 0.2) is 93.4 Å². The highest BCUT2D eigenvalue weighted by Crippen LogP contribution is 2.22. The topological polar surface area (TPSA) is 52.2 Å². The maximum Gasteiger partial charge on any atom is 0.282 e. The van der Waals surface area contributed by atoms with Gasteiger partial charge in [-0.25, -0.2) is 4.98 Å². The summed E-state index contributed by atoms with van der Waals surface area (Å²) >= 11 is 3.46. The number of halogens is 1. The van der Waals surface area contributed by atoms with Crippen LogP contribution in [0.2, 0.25) is 0 Å². The Hall–Kier alpha value is -3.51. The van der Waals surface area contributed by atoms with Crippen LogP contribution in [0.1, 0.15) is 37.7 Å². The first kappa shape index (κ1) is 21.3. The minimum atomic E-state index is -0.170. The molecule has 5 rings (SSSR count). The highest BCUT2D eigenvalue weighted by Gasteiger charge is 2.16. The predicted octanol–water partition coefficient (Wildman–Crippen LogP) is 6.50. The molecule has 0 N–H and O–H groups in total. The molecule has 0 fully saturated rings. The van der Waals surface area contributed by atoms with Gasteiger partial charge in [0.05, 0.1) is 22.8 Å². The lowest BCUT2D eigenvalue weighted by Crippen LogP contribution is -2.23. The van der Waals surface area contributed by atoms with Gasteiger partial charge in [0.25, 0.3) is 5.56 Å². The van der Waals surface area contributed by atoms with Crippen LogP contribution in [0.5, 0.6) is 0 Å². The molecule has 2 aromatic heterocycles. The first-order valence-electron chi connectivity index (χ1n) is 11.0. The third-order valence-electron chi connectivity index (χ3n) is 5.98. The molecule has 164 valence electrons. The molecule has 0 radical (unpaired) electrons. The van der Waals surface area contributed by atoms with Crippen molar-refractivity contribution in [1.29, 1.82) is 0 Å². The first-order chi connectivity index (χ1) is 16.0. The molecule has 5 aromatic rings. The van der Waals surface area contributed by atoms with E-state index in [1.165, 1.54) is 15.4 Å². The van der Waals surface area contributed by atoms with Crippen LogP contribution in [0.25, 0.3) is 27.4 Å². The van der Waals surface area contributed by atoms with Crippen molar-refractivity contribution in [3.05, 3.63) is 105 Å². The van der Waals surface area contributed by atoms with Gasteiger partial charge in [-0.1, -0.05) is 60.1 Å². The van der Waals surface area contributed by atoms with Crippen molar-refractivity contribution >= 4 is 43.8 Å². The van der Waals surface area contributed by atoms with Gasteiger partial charge in [0, 0.05) is 22.3 Å². The molecule has 0 amide bonds. The Morgan fingerprint density at radius 1 is 1.03 bits per heavy atom. The molecule has 5 nitrogen and oxygen atoms in total. The van der Waals surface area contributed by atoms with Gasteiger partial charge in [-0.2, -0.15) is 9.78 Å². The fourth-order valence-corrected chi connectivity index (χ4v) is 4.32. The van der Waals surface area contributed by atoms with Crippen molar-refractivity contribution in [2.45, 2.75) is 26.2 Å². The molecule has 0 bridgehead atoms. The molecule has 2 heterocycles. The normalized spacial score (nSPS) is 12.7. The number of nitrogens with zero attached hydrogens (tertiary/aromatic N) is 4. The van der Waals surface area contributed by atoms with Crippen LogP contribution in [-0.4, -0.2) is 20.4 Å². The van der Waals surface area contributed by atoms with E-state index in [0.29, 0.717) is 16.7 Å². The summed E-state index contributed by atoms with van der Waals surface area (Å²) in [4.78, 5) is 18.1. The monoisotopic (exact) mass is 498 g/mol. The molecule has 3 aromatic carbocycles. The first-order valence-corrected chi connectivity index (χ1v) is 11.8. The third-order valence-corrected chi connectivity index (χ3v) is 6.48. The number of rotatable bonds is 5. The summed E-state index contributed by atoms with van der Waals surface area (Å²) < 4.78 is 4.35. The van der Waals surface area contributed by atoms with E-state index in [-0.39, 0.29) is 11.5 Å². The fraction of sp³-hybridized carbons (Fsp3) is 0.148. The van der Waals surface area contributed by atoms with Crippen molar-refractivity contribution in [2.24, 2.45) is 5.10 Å². The van der Waals surface area contributed by atoms with Crippen molar-refractivity contribution in [1.82, 2.24) is 14.2 Å². The largest absolute Gasteiger partial charge is 0.316 e. The Bertz CT molecular complexity index is 1560. The lowest BCUT2D eigenvalue weighted by atomic mass is 10.1. The molecule has 6 heteroatoms. The Morgan fingerprint density at radius 3 is 2.67 bits per heavy atom. The van der Waals surface area contributed by atoms with E-state index in [1.807, 2.05) is 42.6 Å². The van der Waals surface area contributed by atoms with Gasteiger partial charge in [0.1, 0.15) is 5.82 Å². The number of aromatic nitrogens is 3. The maximum atomic E-state index is 13.4. The number of benzene rings is 3. The van der Waals surface area contributed by atoms with Gasteiger partial charge in [0.2, 0.25) is 0 Å². The van der Waals surface area contributed by atoms with Crippen molar-refractivity contribution in [3.8, 4) is 5.69 Å². The molecule has 0 unspecified atom stereocenters. The Kier molecular flexibility index (Phi) is 5.68. The van der Waals surface area contributed by atoms with Crippen LogP contribution >= 0.6 is 15.9 Å². The van der Waals surface area contributed by atoms with E-state index in [1.54, 1.807) is 12.3 Å². The zero-order valence-corrected chi connectivity index (χ0v) is 20.0. The summed E-state index contributed by atoms with van der Waals surface area (Å²) in [5.41, 5.74) is 2.43. The molecule has 0 spiro atoms. The van der Waals surface area contributed by atoms with Crippen LogP contribution in [0, 0.1) is 0 Å². The lowest BCUT2D eigenvalue weighted by molar-refractivity contribution is 0.613. The van der Waals surface area contributed by atoms with Gasteiger partial charge in [0.15, 0.2) is 0 Å². The van der Waals surface area contributed by atoms with Gasteiger partial charge >= 0.3 is 0 Å².